The number of rotatable bonds is 6. The third-order valence-electron chi connectivity index (χ3n) is 3.33. The first-order chi connectivity index (χ1) is 8.82. The summed E-state index contributed by atoms with van der Waals surface area (Å²) in [6, 6.07) is 1.62. The van der Waals surface area contributed by atoms with Crippen molar-refractivity contribution in [2.75, 3.05) is 24.2 Å². The summed E-state index contributed by atoms with van der Waals surface area (Å²) in [7, 11) is 1.70. The number of hydrogen-bond donors (Lipinski definition) is 2. The molecule has 0 aliphatic carbocycles. The first kappa shape index (κ1) is 15.7. The van der Waals surface area contributed by atoms with Crippen LogP contribution in [-0.4, -0.2) is 13.6 Å². The summed E-state index contributed by atoms with van der Waals surface area (Å²) >= 11 is 0. The third-order valence-corrected chi connectivity index (χ3v) is 3.33. The van der Waals surface area contributed by atoms with Crippen LogP contribution in [0.1, 0.15) is 39.2 Å². The molecule has 0 aliphatic heterocycles. The van der Waals surface area contributed by atoms with Crippen molar-refractivity contribution in [1.82, 2.24) is 0 Å². The van der Waals surface area contributed by atoms with Crippen LogP contribution in [0.3, 0.4) is 0 Å². The number of anilines is 2. The Kier molecular flexibility index (Phi) is 5.15. The molecule has 2 nitrogen and oxygen atoms in total. The molecule has 0 spiro atoms. The molecule has 2 N–H and O–H groups in total. The van der Waals surface area contributed by atoms with Gasteiger partial charge in [-0.05, 0) is 30.4 Å². The van der Waals surface area contributed by atoms with E-state index in [4.69, 9.17) is 0 Å². The monoisotopic (exact) mass is 270 g/mol. The van der Waals surface area contributed by atoms with Crippen LogP contribution in [0.15, 0.2) is 6.07 Å². The molecule has 0 bridgehead atoms. The van der Waals surface area contributed by atoms with E-state index < -0.39 is 11.6 Å². The third kappa shape index (κ3) is 3.82. The summed E-state index contributed by atoms with van der Waals surface area (Å²) in [6.07, 6.45) is 2.10. The van der Waals surface area contributed by atoms with E-state index in [0.29, 0.717) is 17.8 Å². The Morgan fingerprint density at radius 1 is 1.21 bits per heavy atom. The lowest BCUT2D eigenvalue weighted by Gasteiger charge is -2.26. The van der Waals surface area contributed by atoms with E-state index in [9.17, 15) is 8.78 Å². The van der Waals surface area contributed by atoms with Crippen LogP contribution in [0.4, 0.5) is 20.2 Å². The first-order valence-electron chi connectivity index (χ1n) is 6.72. The van der Waals surface area contributed by atoms with Crippen LogP contribution in [-0.2, 0) is 0 Å². The molecule has 19 heavy (non-hydrogen) atoms. The molecule has 0 aromatic heterocycles. The minimum atomic E-state index is -0.809. The molecule has 0 radical (unpaired) electrons. The summed E-state index contributed by atoms with van der Waals surface area (Å²) < 4.78 is 27.6. The standard InChI is InChI=1S/C15H24F2N2/c1-6-7-15(3,4)9-19-14-11(18-5)8-10(2)12(16)13(14)17/h8,18-19H,6-7,9H2,1-5H3. The van der Waals surface area contributed by atoms with Crippen molar-refractivity contribution in [2.24, 2.45) is 5.41 Å². The van der Waals surface area contributed by atoms with Crippen molar-refractivity contribution in [1.29, 1.82) is 0 Å². The summed E-state index contributed by atoms with van der Waals surface area (Å²) in [5, 5.41) is 5.95. The van der Waals surface area contributed by atoms with Gasteiger partial charge in [-0.15, -0.1) is 0 Å². The number of halogens is 2. The van der Waals surface area contributed by atoms with E-state index in [-0.39, 0.29) is 11.1 Å². The highest BCUT2D eigenvalue weighted by atomic mass is 19.2. The van der Waals surface area contributed by atoms with Crippen LogP contribution >= 0.6 is 0 Å². The van der Waals surface area contributed by atoms with Gasteiger partial charge in [0.2, 0.25) is 0 Å². The van der Waals surface area contributed by atoms with Crippen LogP contribution in [0, 0.1) is 24.0 Å². The molecule has 0 heterocycles. The van der Waals surface area contributed by atoms with Gasteiger partial charge in [0, 0.05) is 13.6 Å². The van der Waals surface area contributed by atoms with Crippen LogP contribution in [0.2, 0.25) is 0 Å². The average molecular weight is 270 g/mol. The Bertz CT molecular complexity index is 442. The fraction of sp³-hybridized carbons (Fsp3) is 0.600. The minimum absolute atomic E-state index is 0.0492. The molecule has 1 aromatic carbocycles. The lowest BCUT2D eigenvalue weighted by atomic mass is 9.88. The maximum atomic E-state index is 14.0. The summed E-state index contributed by atoms with van der Waals surface area (Å²) in [4.78, 5) is 0. The molecule has 1 aromatic rings. The lowest BCUT2D eigenvalue weighted by molar-refractivity contribution is 0.354. The maximum absolute atomic E-state index is 14.0. The van der Waals surface area contributed by atoms with Gasteiger partial charge in [-0.1, -0.05) is 27.2 Å². The van der Waals surface area contributed by atoms with Crippen molar-refractivity contribution in [3.05, 3.63) is 23.3 Å². The Balaban J connectivity index is 2.98. The zero-order valence-electron chi connectivity index (χ0n) is 12.5. The zero-order valence-corrected chi connectivity index (χ0v) is 12.5. The van der Waals surface area contributed by atoms with Gasteiger partial charge in [-0.3, -0.25) is 0 Å². The van der Waals surface area contributed by atoms with E-state index >= 15 is 0 Å². The molecule has 0 amide bonds. The van der Waals surface area contributed by atoms with Gasteiger partial charge in [0.1, 0.15) is 0 Å². The minimum Gasteiger partial charge on any atom is -0.386 e. The Morgan fingerprint density at radius 2 is 1.84 bits per heavy atom. The fourth-order valence-corrected chi connectivity index (χ4v) is 2.22. The molecule has 1 rings (SSSR count). The summed E-state index contributed by atoms with van der Waals surface area (Å²) in [5.41, 5.74) is 1.16. The number of benzene rings is 1. The number of aryl methyl sites for hydroxylation is 1. The SMILES string of the molecule is CCCC(C)(C)CNc1c(NC)cc(C)c(F)c1F. The quantitative estimate of drug-likeness (QED) is 0.792. The van der Waals surface area contributed by atoms with E-state index in [2.05, 4.69) is 31.4 Å². The van der Waals surface area contributed by atoms with Crippen molar-refractivity contribution < 1.29 is 8.78 Å². The van der Waals surface area contributed by atoms with Gasteiger partial charge in [-0.2, -0.15) is 0 Å². The first-order valence-corrected chi connectivity index (χ1v) is 6.72. The van der Waals surface area contributed by atoms with Crippen molar-refractivity contribution in [3.8, 4) is 0 Å². The van der Waals surface area contributed by atoms with E-state index in [1.165, 1.54) is 0 Å². The van der Waals surface area contributed by atoms with Gasteiger partial charge in [-0.25, -0.2) is 8.78 Å². The molecular formula is C15H24F2N2. The maximum Gasteiger partial charge on any atom is 0.184 e. The number of nitrogens with one attached hydrogen (secondary N) is 2. The van der Waals surface area contributed by atoms with Crippen LogP contribution in [0.25, 0.3) is 0 Å². The van der Waals surface area contributed by atoms with Crippen molar-refractivity contribution in [3.63, 3.8) is 0 Å². The van der Waals surface area contributed by atoms with Crippen molar-refractivity contribution in [2.45, 2.75) is 40.5 Å². The highest BCUT2D eigenvalue weighted by Gasteiger charge is 2.20. The van der Waals surface area contributed by atoms with Gasteiger partial charge in [0.15, 0.2) is 11.6 Å². The van der Waals surface area contributed by atoms with E-state index in [1.807, 2.05) is 0 Å². The summed E-state index contributed by atoms with van der Waals surface area (Å²) in [6.45, 7) is 8.52. The van der Waals surface area contributed by atoms with Crippen LogP contribution < -0.4 is 10.6 Å². The molecule has 0 aliphatic rings. The fourth-order valence-electron chi connectivity index (χ4n) is 2.22. The van der Waals surface area contributed by atoms with E-state index in [1.54, 1.807) is 20.0 Å². The second kappa shape index (κ2) is 6.22. The van der Waals surface area contributed by atoms with Gasteiger partial charge < -0.3 is 10.6 Å². The van der Waals surface area contributed by atoms with E-state index in [0.717, 1.165) is 12.8 Å². The molecule has 0 atom stereocenters. The highest BCUT2D eigenvalue weighted by molar-refractivity contribution is 5.70. The lowest BCUT2D eigenvalue weighted by Crippen LogP contribution is -2.24. The second-order valence-corrected chi connectivity index (χ2v) is 5.76. The van der Waals surface area contributed by atoms with Gasteiger partial charge in [0.05, 0.1) is 11.4 Å². The largest absolute Gasteiger partial charge is 0.386 e. The Morgan fingerprint density at radius 3 is 2.37 bits per heavy atom. The average Bonchev–Trinajstić information content (AvgIpc) is 2.34. The summed E-state index contributed by atoms with van der Waals surface area (Å²) in [5.74, 6) is -1.59. The van der Waals surface area contributed by atoms with Crippen molar-refractivity contribution >= 4 is 11.4 Å². The second-order valence-electron chi connectivity index (χ2n) is 5.76. The molecule has 0 saturated carbocycles. The Labute approximate surface area is 114 Å². The molecule has 108 valence electrons. The van der Waals surface area contributed by atoms with Gasteiger partial charge in [0.25, 0.3) is 0 Å². The molecule has 0 fully saturated rings. The molecular weight excluding hydrogens is 246 g/mol. The highest BCUT2D eigenvalue weighted by Crippen LogP contribution is 2.31. The van der Waals surface area contributed by atoms with Crippen LogP contribution in [0.5, 0.6) is 0 Å². The molecule has 0 unspecified atom stereocenters. The van der Waals surface area contributed by atoms with Gasteiger partial charge >= 0.3 is 0 Å². The zero-order chi connectivity index (χ0) is 14.6. The normalized spacial score (nSPS) is 11.5. The predicted octanol–water partition coefficient (Wildman–Crippen LogP) is 4.55. The number of hydrogen-bond acceptors (Lipinski definition) is 2. The molecule has 4 heteroatoms. The smallest absolute Gasteiger partial charge is 0.184 e. The predicted molar refractivity (Wildman–Crippen MR) is 77.8 cm³/mol. The molecule has 0 saturated heterocycles. The Hall–Kier alpha value is -1.32. The topological polar surface area (TPSA) is 24.1 Å².